The number of carboxylic acids is 1. The fourth-order valence-corrected chi connectivity index (χ4v) is 4.11. The lowest BCUT2D eigenvalue weighted by Gasteiger charge is -2.27. The van der Waals surface area contributed by atoms with Crippen molar-refractivity contribution in [3.63, 3.8) is 0 Å². The molecule has 2 heterocycles. The maximum absolute atomic E-state index is 12.4. The van der Waals surface area contributed by atoms with Crippen LogP contribution in [0.2, 0.25) is 0 Å². The highest BCUT2D eigenvalue weighted by Gasteiger charge is 2.26. The van der Waals surface area contributed by atoms with E-state index < -0.39 is 5.97 Å². The summed E-state index contributed by atoms with van der Waals surface area (Å²) in [4.78, 5) is 19.6. The number of aromatic nitrogens is 1. The number of carboxylic acid groups (broad SMARTS) is 1. The molecular weight excluding hydrogens is 348 g/mol. The molecule has 0 bridgehead atoms. The number of rotatable bonds is 3. The number of pyridine rings is 1. The lowest BCUT2D eigenvalue weighted by molar-refractivity contribution is 0.0699. The van der Waals surface area contributed by atoms with E-state index in [0.29, 0.717) is 10.9 Å². The van der Waals surface area contributed by atoms with Crippen LogP contribution in [-0.2, 0) is 0 Å². The minimum absolute atomic E-state index is 0.376. The molecule has 0 atom stereocenters. The molecule has 2 aromatic carbocycles. The van der Waals surface area contributed by atoms with Crippen LogP contribution in [0.4, 0.5) is 5.69 Å². The molecule has 0 amide bonds. The molecule has 0 spiro atoms. The highest BCUT2D eigenvalue weighted by molar-refractivity contribution is 6.10. The Balaban J connectivity index is 2.04. The van der Waals surface area contributed by atoms with Crippen LogP contribution in [0, 0.1) is 13.8 Å². The Morgan fingerprint density at radius 2 is 1.68 bits per heavy atom. The molecule has 1 saturated heterocycles. The molecule has 4 heteroatoms. The Bertz CT molecular complexity index is 1030. The summed E-state index contributed by atoms with van der Waals surface area (Å²) in [5.74, 6) is -0.886. The van der Waals surface area contributed by atoms with Gasteiger partial charge >= 0.3 is 5.97 Å². The van der Waals surface area contributed by atoms with Crippen molar-refractivity contribution in [2.75, 3.05) is 18.0 Å². The van der Waals surface area contributed by atoms with Gasteiger partial charge in [-0.3, -0.25) is 0 Å². The van der Waals surface area contributed by atoms with Crippen LogP contribution < -0.4 is 4.90 Å². The van der Waals surface area contributed by atoms with Crippen molar-refractivity contribution in [2.45, 2.75) is 39.5 Å². The van der Waals surface area contributed by atoms with Crippen molar-refractivity contribution in [3.05, 3.63) is 59.2 Å². The van der Waals surface area contributed by atoms with Gasteiger partial charge in [-0.05, 0) is 49.9 Å². The zero-order valence-corrected chi connectivity index (χ0v) is 16.5. The Kier molecular flexibility index (Phi) is 5.03. The number of fused-ring (bicyclic) bond motifs is 1. The largest absolute Gasteiger partial charge is 0.478 e. The van der Waals surface area contributed by atoms with Crippen molar-refractivity contribution in [1.82, 2.24) is 4.98 Å². The normalized spacial score (nSPS) is 14.9. The van der Waals surface area contributed by atoms with Gasteiger partial charge in [0, 0.05) is 24.0 Å². The number of hydrogen-bond acceptors (Lipinski definition) is 3. The van der Waals surface area contributed by atoms with Crippen LogP contribution in [-0.4, -0.2) is 29.1 Å². The van der Waals surface area contributed by atoms with Crippen LogP contribution >= 0.6 is 0 Å². The molecule has 4 rings (SSSR count). The number of nitrogens with zero attached hydrogens (tertiary/aromatic N) is 2. The number of carbonyl (C=O) groups is 1. The summed E-state index contributed by atoms with van der Waals surface area (Å²) in [6.07, 6.45) is 4.55. The predicted molar refractivity (Wildman–Crippen MR) is 114 cm³/mol. The molecule has 1 N–H and O–H groups in total. The van der Waals surface area contributed by atoms with Gasteiger partial charge in [0.1, 0.15) is 0 Å². The van der Waals surface area contributed by atoms with Crippen molar-refractivity contribution in [3.8, 4) is 11.3 Å². The Hall–Kier alpha value is -2.88. The molecule has 28 heavy (non-hydrogen) atoms. The topological polar surface area (TPSA) is 53.4 Å². The fourth-order valence-electron chi connectivity index (χ4n) is 4.11. The molecular formula is C24H26N2O2. The first kappa shape index (κ1) is 18.5. The highest BCUT2D eigenvalue weighted by Crippen LogP contribution is 2.38. The molecule has 1 aliphatic heterocycles. The van der Waals surface area contributed by atoms with Gasteiger partial charge in [-0.25, -0.2) is 9.78 Å². The molecule has 0 unspecified atom stereocenters. The Labute approximate surface area is 165 Å². The minimum atomic E-state index is -0.886. The van der Waals surface area contributed by atoms with E-state index in [1.54, 1.807) is 0 Å². The zero-order valence-electron chi connectivity index (χ0n) is 16.5. The maximum Gasteiger partial charge on any atom is 0.338 e. The Morgan fingerprint density at radius 3 is 2.36 bits per heavy atom. The van der Waals surface area contributed by atoms with Gasteiger partial charge in [-0.15, -0.1) is 0 Å². The second-order valence-corrected chi connectivity index (χ2v) is 7.71. The van der Waals surface area contributed by atoms with Crippen molar-refractivity contribution in [1.29, 1.82) is 0 Å². The molecule has 1 aromatic heterocycles. The van der Waals surface area contributed by atoms with Gasteiger partial charge in [0.05, 0.1) is 22.5 Å². The number of aromatic carboxylic acids is 1. The lowest BCUT2D eigenvalue weighted by atomic mass is 9.97. The first-order chi connectivity index (χ1) is 13.6. The predicted octanol–water partition coefficient (Wildman–Crippen LogP) is 5.60. The third-order valence-corrected chi connectivity index (χ3v) is 5.78. The summed E-state index contributed by atoms with van der Waals surface area (Å²) in [5.41, 5.74) is 6.05. The molecule has 1 fully saturated rings. The molecule has 4 nitrogen and oxygen atoms in total. The van der Waals surface area contributed by atoms with Gasteiger partial charge in [-0.2, -0.15) is 0 Å². The monoisotopic (exact) mass is 374 g/mol. The first-order valence-electron chi connectivity index (χ1n) is 10.0. The summed E-state index contributed by atoms with van der Waals surface area (Å²) in [7, 11) is 0. The average molecular weight is 374 g/mol. The summed E-state index contributed by atoms with van der Waals surface area (Å²) in [6, 6.07) is 13.9. The van der Waals surface area contributed by atoms with Gasteiger partial charge in [0.2, 0.25) is 0 Å². The molecule has 144 valence electrons. The number of para-hydroxylation sites is 1. The summed E-state index contributed by atoms with van der Waals surface area (Å²) < 4.78 is 0. The van der Waals surface area contributed by atoms with E-state index in [2.05, 4.69) is 36.9 Å². The van der Waals surface area contributed by atoms with E-state index in [-0.39, 0.29) is 0 Å². The van der Waals surface area contributed by atoms with E-state index in [0.717, 1.165) is 48.4 Å². The van der Waals surface area contributed by atoms with E-state index in [1.165, 1.54) is 24.0 Å². The summed E-state index contributed by atoms with van der Waals surface area (Å²) >= 11 is 0. The number of benzene rings is 2. The van der Waals surface area contributed by atoms with E-state index >= 15 is 0 Å². The van der Waals surface area contributed by atoms with Crippen LogP contribution in [0.3, 0.4) is 0 Å². The fraction of sp³-hybridized carbons (Fsp3) is 0.333. The molecule has 0 aliphatic carbocycles. The van der Waals surface area contributed by atoms with Crippen molar-refractivity contribution in [2.24, 2.45) is 0 Å². The van der Waals surface area contributed by atoms with Gasteiger partial charge in [0.25, 0.3) is 0 Å². The standard InChI is InChI=1S/C24H26N2O2/c1-16-11-12-18(15-17(16)2)22-23(26-13-7-3-4-8-14-26)21(24(27)28)19-9-5-6-10-20(19)25-22/h5-6,9-12,15H,3-4,7-8,13-14H2,1-2H3,(H,27,28). The van der Waals surface area contributed by atoms with Crippen LogP contribution in [0.5, 0.6) is 0 Å². The molecule has 0 radical (unpaired) electrons. The van der Waals surface area contributed by atoms with E-state index in [9.17, 15) is 9.90 Å². The molecule has 3 aromatic rings. The molecule has 1 aliphatic rings. The van der Waals surface area contributed by atoms with Crippen LogP contribution in [0.1, 0.15) is 47.2 Å². The van der Waals surface area contributed by atoms with Crippen molar-refractivity contribution >= 4 is 22.6 Å². The van der Waals surface area contributed by atoms with E-state index in [4.69, 9.17) is 4.98 Å². The maximum atomic E-state index is 12.4. The Morgan fingerprint density at radius 1 is 0.964 bits per heavy atom. The lowest BCUT2D eigenvalue weighted by Crippen LogP contribution is -2.27. The van der Waals surface area contributed by atoms with E-state index in [1.807, 2.05) is 24.3 Å². The summed E-state index contributed by atoms with van der Waals surface area (Å²) in [5, 5.41) is 10.9. The summed E-state index contributed by atoms with van der Waals surface area (Å²) in [6.45, 7) is 5.92. The average Bonchev–Trinajstić information content (AvgIpc) is 2.97. The smallest absolute Gasteiger partial charge is 0.338 e. The van der Waals surface area contributed by atoms with Gasteiger partial charge in [0.15, 0.2) is 0 Å². The van der Waals surface area contributed by atoms with Crippen LogP contribution in [0.25, 0.3) is 22.2 Å². The van der Waals surface area contributed by atoms with Gasteiger partial charge < -0.3 is 10.0 Å². The van der Waals surface area contributed by atoms with Crippen molar-refractivity contribution < 1.29 is 9.90 Å². The second kappa shape index (κ2) is 7.63. The van der Waals surface area contributed by atoms with Gasteiger partial charge in [-0.1, -0.05) is 43.2 Å². The quantitative estimate of drug-likeness (QED) is 0.648. The zero-order chi connectivity index (χ0) is 19.7. The number of anilines is 1. The number of hydrogen-bond donors (Lipinski definition) is 1. The second-order valence-electron chi connectivity index (χ2n) is 7.71. The molecule has 0 saturated carbocycles. The highest BCUT2D eigenvalue weighted by atomic mass is 16.4. The third kappa shape index (κ3) is 3.35. The minimum Gasteiger partial charge on any atom is -0.478 e. The third-order valence-electron chi connectivity index (χ3n) is 5.78. The van der Waals surface area contributed by atoms with Crippen LogP contribution in [0.15, 0.2) is 42.5 Å². The number of aryl methyl sites for hydroxylation is 2. The first-order valence-corrected chi connectivity index (χ1v) is 10.0. The SMILES string of the molecule is Cc1ccc(-c2nc3ccccc3c(C(=O)O)c2N2CCCCCC2)cc1C.